The topological polar surface area (TPSA) is 26.0 Å². The Bertz CT molecular complexity index is 508. The van der Waals surface area contributed by atoms with Gasteiger partial charge in [0.25, 0.3) is 0 Å². The van der Waals surface area contributed by atoms with Crippen LogP contribution in [-0.2, 0) is 6.42 Å². The molecule has 0 aliphatic carbocycles. The van der Waals surface area contributed by atoms with E-state index in [-0.39, 0.29) is 5.56 Å². The molecule has 0 aliphatic rings. The summed E-state index contributed by atoms with van der Waals surface area (Å²) in [7, 11) is 0. The van der Waals surface area contributed by atoms with Gasteiger partial charge < -0.3 is 5.73 Å². The lowest BCUT2D eigenvalue weighted by atomic mass is 10.00. The fraction of sp³-hybridized carbons (Fsp3) is 0.231. The number of nitrogens with two attached hydrogens (primary N) is 1. The second kappa shape index (κ2) is 4.94. The molecule has 0 aliphatic heterocycles. The number of halogens is 2. The number of aryl methyl sites for hydroxylation is 1. The van der Waals surface area contributed by atoms with Gasteiger partial charge >= 0.3 is 0 Å². The molecular weight excluding hydrogens is 240 g/mol. The van der Waals surface area contributed by atoms with Crippen LogP contribution in [0.15, 0.2) is 29.6 Å². The summed E-state index contributed by atoms with van der Waals surface area (Å²) >= 11 is 1.54. The van der Waals surface area contributed by atoms with E-state index in [1.807, 2.05) is 17.5 Å². The van der Waals surface area contributed by atoms with E-state index in [0.29, 0.717) is 12.0 Å². The molecule has 1 heterocycles. The molecular formula is C13H13F2NS. The Labute approximate surface area is 103 Å². The Morgan fingerprint density at radius 1 is 1.29 bits per heavy atom. The van der Waals surface area contributed by atoms with Crippen LogP contribution in [-0.4, -0.2) is 0 Å². The van der Waals surface area contributed by atoms with Crippen LogP contribution in [0.25, 0.3) is 0 Å². The van der Waals surface area contributed by atoms with Gasteiger partial charge in [0.2, 0.25) is 0 Å². The Morgan fingerprint density at radius 2 is 2.06 bits per heavy atom. The molecule has 0 amide bonds. The lowest BCUT2D eigenvalue weighted by Crippen LogP contribution is -2.17. The highest BCUT2D eigenvalue weighted by Gasteiger charge is 2.18. The predicted octanol–water partition coefficient (Wildman–Crippen LogP) is 3.58. The minimum atomic E-state index is -0.645. The van der Waals surface area contributed by atoms with Gasteiger partial charge in [-0.25, -0.2) is 8.78 Å². The summed E-state index contributed by atoms with van der Waals surface area (Å²) < 4.78 is 27.4. The molecule has 0 saturated heterocycles. The van der Waals surface area contributed by atoms with E-state index >= 15 is 0 Å². The molecule has 0 fully saturated rings. The highest BCUT2D eigenvalue weighted by Crippen LogP contribution is 2.25. The number of thiophene rings is 1. The monoisotopic (exact) mass is 253 g/mol. The average molecular weight is 253 g/mol. The zero-order valence-electron chi connectivity index (χ0n) is 9.41. The van der Waals surface area contributed by atoms with E-state index in [1.54, 1.807) is 6.92 Å². The van der Waals surface area contributed by atoms with Gasteiger partial charge in [-0.15, -0.1) is 11.3 Å². The molecule has 1 unspecified atom stereocenters. The fourth-order valence-corrected chi connectivity index (χ4v) is 2.53. The first kappa shape index (κ1) is 12.2. The van der Waals surface area contributed by atoms with Gasteiger partial charge in [0.05, 0.1) is 0 Å². The van der Waals surface area contributed by atoms with Crippen molar-refractivity contribution in [2.75, 3.05) is 0 Å². The molecule has 1 nitrogen and oxygen atoms in total. The summed E-state index contributed by atoms with van der Waals surface area (Å²) in [6.07, 6.45) is 0.453. The van der Waals surface area contributed by atoms with Crippen molar-refractivity contribution in [1.82, 2.24) is 0 Å². The van der Waals surface area contributed by atoms with Crippen molar-refractivity contribution in [3.63, 3.8) is 0 Å². The third kappa shape index (κ3) is 2.53. The van der Waals surface area contributed by atoms with E-state index in [2.05, 4.69) is 0 Å². The number of benzene rings is 1. The molecule has 1 aromatic carbocycles. The molecule has 0 radical (unpaired) electrons. The zero-order chi connectivity index (χ0) is 12.4. The molecule has 2 aromatic rings. The largest absolute Gasteiger partial charge is 0.323 e. The molecule has 2 N–H and O–H groups in total. The van der Waals surface area contributed by atoms with E-state index in [9.17, 15) is 8.78 Å². The van der Waals surface area contributed by atoms with Crippen molar-refractivity contribution < 1.29 is 8.78 Å². The minimum Gasteiger partial charge on any atom is -0.323 e. The molecule has 2 rings (SSSR count). The van der Waals surface area contributed by atoms with Crippen LogP contribution in [0, 0.1) is 18.6 Å². The maximum absolute atomic E-state index is 13.8. The molecule has 1 aromatic heterocycles. The van der Waals surface area contributed by atoms with Crippen LogP contribution in [0.4, 0.5) is 8.78 Å². The Hall–Kier alpha value is -1.26. The molecule has 90 valence electrons. The minimum absolute atomic E-state index is 0.0154. The first-order valence-electron chi connectivity index (χ1n) is 5.32. The Balaban J connectivity index is 2.30. The lowest BCUT2D eigenvalue weighted by Gasteiger charge is -2.14. The van der Waals surface area contributed by atoms with Gasteiger partial charge in [0.1, 0.15) is 11.6 Å². The van der Waals surface area contributed by atoms with Crippen molar-refractivity contribution in [2.24, 2.45) is 5.73 Å². The van der Waals surface area contributed by atoms with E-state index in [4.69, 9.17) is 5.73 Å². The van der Waals surface area contributed by atoms with Crippen LogP contribution >= 0.6 is 11.3 Å². The number of hydrogen-bond donors (Lipinski definition) is 1. The fourth-order valence-electron chi connectivity index (χ4n) is 1.77. The van der Waals surface area contributed by atoms with Crippen molar-refractivity contribution in [3.05, 3.63) is 57.3 Å². The standard InChI is InChI=1S/C13H13F2NS/c1-8-4-5-10(14)12(13(8)15)11(16)7-9-3-2-6-17-9/h2-6,11H,7,16H2,1H3. The summed E-state index contributed by atoms with van der Waals surface area (Å²) in [5.41, 5.74) is 6.29. The van der Waals surface area contributed by atoms with Crippen LogP contribution in [0.2, 0.25) is 0 Å². The second-order valence-corrected chi connectivity index (χ2v) is 5.01. The quantitative estimate of drug-likeness (QED) is 0.889. The third-order valence-corrected chi connectivity index (χ3v) is 3.59. The third-order valence-electron chi connectivity index (χ3n) is 2.69. The summed E-state index contributed by atoms with van der Waals surface area (Å²) in [6, 6.07) is 5.86. The Kier molecular flexibility index (Phi) is 3.54. The smallest absolute Gasteiger partial charge is 0.133 e. The SMILES string of the molecule is Cc1ccc(F)c(C(N)Cc2cccs2)c1F. The summed E-state index contributed by atoms with van der Waals surface area (Å²) in [4.78, 5) is 1.03. The molecule has 0 saturated carbocycles. The van der Waals surface area contributed by atoms with Gasteiger partial charge in [-0.1, -0.05) is 12.1 Å². The number of rotatable bonds is 3. The zero-order valence-corrected chi connectivity index (χ0v) is 10.2. The highest BCUT2D eigenvalue weighted by atomic mass is 32.1. The van der Waals surface area contributed by atoms with E-state index in [0.717, 1.165) is 4.88 Å². The van der Waals surface area contributed by atoms with Crippen molar-refractivity contribution in [1.29, 1.82) is 0 Å². The normalized spacial score (nSPS) is 12.7. The van der Waals surface area contributed by atoms with Gasteiger partial charge in [-0.2, -0.15) is 0 Å². The summed E-state index contributed by atoms with van der Waals surface area (Å²) in [5.74, 6) is -1.11. The first-order valence-corrected chi connectivity index (χ1v) is 6.20. The lowest BCUT2D eigenvalue weighted by molar-refractivity contribution is 0.521. The van der Waals surface area contributed by atoms with Crippen LogP contribution in [0.5, 0.6) is 0 Å². The maximum Gasteiger partial charge on any atom is 0.133 e. The van der Waals surface area contributed by atoms with Gasteiger partial charge in [-0.3, -0.25) is 0 Å². The maximum atomic E-state index is 13.8. The second-order valence-electron chi connectivity index (χ2n) is 3.98. The van der Waals surface area contributed by atoms with Crippen molar-refractivity contribution in [2.45, 2.75) is 19.4 Å². The van der Waals surface area contributed by atoms with Crippen molar-refractivity contribution >= 4 is 11.3 Å². The van der Waals surface area contributed by atoms with Crippen molar-refractivity contribution in [3.8, 4) is 0 Å². The average Bonchev–Trinajstić information content (AvgIpc) is 2.77. The van der Waals surface area contributed by atoms with E-state index < -0.39 is 17.7 Å². The number of hydrogen-bond acceptors (Lipinski definition) is 2. The van der Waals surface area contributed by atoms with Crippen LogP contribution in [0.1, 0.15) is 22.0 Å². The molecule has 0 spiro atoms. The van der Waals surface area contributed by atoms with E-state index in [1.165, 1.54) is 23.5 Å². The van der Waals surface area contributed by atoms with Crippen LogP contribution in [0.3, 0.4) is 0 Å². The predicted molar refractivity (Wildman–Crippen MR) is 66.0 cm³/mol. The summed E-state index contributed by atoms with van der Waals surface area (Å²) in [6.45, 7) is 1.61. The highest BCUT2D eigenvalue weighted by molar-refractivity contribution is 7.09. The van der Waals surface area contributed by atoms with Gasteiger partial charge in [-0.05, 0) is 30.0 Å². The Morgan fingerprint density at radius 3 is 2.71 bits per heavy atom. The molecule has 1 atom stereocenters. The van der Waals surface area contributed by atoms with Crippen LogP contribution < -0.4 is 5.73 Å². The van der Waals surface area contributed by atoms with Gasteiger partial charge in [0.15, 0.2) is 0 Å². The first-order chi connectivity index (χ1) is 8.09. The molecule has 4 heteroatoms. The van der Waals surface area contributed by atoms with Gasteiger partial charge in [0, 0.05) is 22.9 Å². The summed E-state index contributed by atoms with van der Waals surface area (Å²) in [5, 5.41) is 1.92. The molecule has 0 bridgehead atoms. The molecule has 17 heavy (non-hydrogen) atoms.